The Bertz CT molecular complexity index is 1260. The lowest BCUT2D eigenvalue weighted by atomic mass is 9.89. The second kappa shape index (κ2) is 11.2. The van der Waals surface area contributed by atoms with Gasteiger partial charge in [0.25, 0.3) is 0 Å². The largest absolute Gasteiger partial charge is 0.493 e. The third-order valence-electron chi connectivity index (χ3n) is 6.00. The molecule has 0 aliphatic heterocycles. The van der Waals surface area contributed by atoms with Gasteiger partial charge in [0.15, 0.2) is 11.5 Å². The number of hydrogen-bond donors (Lipinski definition) is 1. The maximum absolute atomic E-state index is 12.9. The van der Waals surface area contributed by atoms with Crippen LogP contribution in [0.3, 0.4) is 0 Å². The first-order chi connectivity index (χ1) is 17.0. The van der Waals surface area contributed by atoms with Crippen molar-refractivity contribution in [2.24, 2.45) is 0 Å². The van der Waals surface area contributed by atoms with Gasteiger partial charge in [0.1, 0.15) is 10.6 Å². The second-order valence-corrected chi connectivity index (χ2v) is 9.08. The van der Waals surface area contributed by atoms with E-state index in [2.05, 4.69) is 23.5 Å². The molecule has 0 radical (unpaired) electrons. The summed E-state index contributed by atoms with van der Waals surface area (Å²) in [7, 11) is 3.13. The third-order valence-corrected chi connectivity index (χ3v) is 6.90. The molecule has 1 heterocycles. The Morgan fingerprint density at radius 3 is 2.51 bits per heavy atom. The Hall–Kier alpha value is -3.58. The van der Waals surface area contributed by atoms with Crippen molar-refractivity contribution < 1.29 is 23.8 Å². The molecule has 2 aromatic carbocycles. The van der Waals surface area contributed by atoms with E-state index in [4.69, 9.17) is 14.2 Å². The van der Waals surface area contributed by atoms with Gasteiger partial charge >= 0.3 is 5.97 Å². The van der Waals surface area contributed by atoms with E-state index in [-0.39, 0.29) is 12.5 Å². The van der Waals surface area contributed by atoms with Crippen LogP contribution in [0.25, 0.3) is 17.2 Å². The molecule has 1 aromatic heterocycles. The van der Waals surface area contributed by atoms with Gasteiger partial charge in [-0.2, -0.15) is 0 Å². The van der Waals surface area contributed by atoms with Gasteiger partial charge in [-0.3, -0.25) is 4.79 Å². The number of ether oxygens (including phenoxy) is 3. The lowest BCUT2D eigenvalue weighted by Gasteiger charge is -2.17. The zero-order chi connectivity index (χ0) is 24.8. The Morgan fingerprint density at radius 2 is 1.77 bits per heavy atom. The van der Waals surface area contributed by atoms with Crippen molar-refractivity contribution in [3.05, 3.63) is 70.1 Å². The summed E-state index contributed by atoms with van der Waals surface area (Å²) in [6.07, 6.45) is 7.64. The molecule has 182 valence electrons. The first-order valence-electron chi connectivity index (χ1n) is 11.7. The van der Waals surface area contributed by atoms with Crippen LogP contribution in [-0.2, 0) is 22.4 Å². The quantitative estimate of drug-likeness (QED) is 0.303. The average molecular weight is 492 g/mol. The number of rotatable bonds is 8. The smallest absolute Gasteiger partial charge is 0.341 e. The summed E-state index contributed by atoms with van der Waals surface area (Å²) >= 11 is 1.32. The number of anilines is 1. The molecule has 4 rings (SSSR count). The minimum atomic E-state index is -0.444. The van der Waals surface area contributed by atoms with Crippen molar-refractivity contribution in [1.29, 1.82) is 0 Å². The monoisotopic (exact) mass is 491 g/mol. The van der Waals surface area contributed by atoms with Crippen molar-refractivity contribution >= 4 is 34.3 Å². The molecule has 3 aromatic rings. The van der Waals surface area contributed by atoms with Crippen LogP contribution in [0.5, 0.6) is 11.5 Å². The fourth-order valence-electron chi connectivity index (χ4n) is 4.25. The molecule has 0 spiro atoms. The first-order valence-corrected chi connectivity index (χ1v) is 12.5. The minimum absolute atomic E-state index is 0.255. The Kier molecular flexibility index (Phi) is 7.87. The van der Waals surface area contributed by atoms with E-state index in [1.54, 1.807) is 39.4 Å². The van der Waals surface area contributed by atoms with E-state index in [1.165, 1.54) is 41.4 Å². The van der Waals surface area contributed by atoms with Crippen molar-refractivity contribution in [2.45, 2.75) is 32.6 Å². The molecule has 0 bridgehead atoms. The normalized spacial score (nSPS) is 12.8. The molecule has 6 nitrogen and oxygen atoms in total. The van der Waals surface area contributed by atoms with Crippen molar-refractivity contribution in [2.75, 3.05) is 26.1 Å². The zero-order valence-corrected chi connectivity index (χ0v) is 21.0. The van der Waals surface area contributed by atoms with E-state index >= 15 is 0 Å². The maximum atomic E-state index is 12.9. The van der Waals surface area contributed by atoms with Gasteiger partial charge in [-0.05, 0) is 73.1 Å². The fraction of sp³-hybridized carbons (Fsp3) is 0.286. The zero-order valence-electron chi connectivity index (χ0n) is 20.2. The number of thiophene rings is 1. The predicted molar refractivity (Wildman–Crippen MR) is 140 cm³/mol. The summed E-state index contributed by atoms with van der Waals surface area (Å²) in [6.45, 7) is 2.03. The Balaban J connectivity index is 1.59. The second-order valence-electron chi connectivity index (χ2n) is 8.20. The van der Waals surface area contributed by atoms with E-state index in [0.29, 0.717) is 22.1 Å². The van der Waals surface area contributed by atoms with E-state index in [1.807, 2.05) is 11.4 Å². The van der Waals surface area contributed by atoms with Crippen LogP contribution in [0.15, 0.2) is 47.9 Å². The van der Waals surface area contributed by atoms with Crippen LogP contribution < -0.4 is 14.8 Å². The van der Waals surface area contributed by atoms with Crippen LogP contribution in [0.4, 0.5) is 5.00 Å². The molecule has 7 heteroatoms. The highest BCUT2D eigenvalue weighted by Crippen LogP contribution is 2.38. The van der Waals surface area contributed by atoms with Crippen LogP contribution in [0.1, 0.15) is 46.8 Å². The number of aryl methyl sites for hydroxylation is 2. The molecule has 1 aliphatic carbocycles. The lowest BCUT2D eigenvalue weighted by Crippen LogP contribution is -2.12. The number of methoxy groups -OCH3 is 2. The minimum Gasteiger partial charge on any atom is -0.493 e. The van der Waals surface area contributed by atoms with E-state index < -0.39 is 5.97 Å². The average Bonchev–Trinajstić information content (AvgIpc) is 3.30. The lowest BCUT2D eigenvalue weighted by molar-refractivity contribution is -0.111. The predicted octanol–water partition coefficient (Wildman–Crippen LogP) is 6.14. The van der Waals surface area contributed by atoms with Gasteiger partial charge in [0, 0.05) is 17.0 Å². The molecule has 0 saturated carbocycles. The fourth-order valence-corrected chi connectivity index (χ4v) is 5.21. The summed E-state index contributed by atoms with van der Waals surface area (Å²) < 4.78 is 15.9. The highest BCUT2D eigenvalue weighted by Gasteiger charge is 2.23. The topological polar surface area (TPSA) is 73.9 Å². The Labute approximate surface area is 209 Å². The number of carbonyl (C=O) groups is 2. The van der Waals surface area contributed by atoms with Gasteiger partial charge in [0.2, 0.25) is 5.91 Å². The van der Waals surface area contributed by atoms with Gasteiger partial charge < -0.3 is 19.5 Å². The number of nitrogens with one attached hydrogen (secondary N) is 1. The summed E-state index contributed by atoms with van der Waals surface area (Å²) in [5.41, 5.74) is 5.62. The van der Waals surface area contributed by atoms with Gasteiger partial charge in [-0.15, -0.1) is 11.3 Å². The third kappa shape index (κ3) is 5.57. The molecule has 0 saturated heterocycles. The van der Waals surface area contributed by atoms with E-state index in [0.717, 1.165) is 29.5 Å². The number of amides is 1. The van der Waals surface area contributed by atoms with Crippen LogP contribution in [0, 0.1) is 0 Å². The van der Waals surface area contributed by atoms with Gasteiger partial charge in [-0.1, -0.05) is 24.3 Å². The molecule has 0 unspecified atom stereocenters. The summed E-state index contributed by atoms with van der Waals surface area (Å²) in [5.74, 6) is 0.402. The van der Waals surface area contributed by atoms with Crippen molar-refractivity contribution in [3.63, 3.8) is 0 Å². The van der Waals surface area contributed by atoms with Gasteiger partial charge in [0.05, 0.1) is 20.8 Å². The summed E-state index contributed by atoms with van der Waals surface area (Å²) in [6, 6.07) is 11.8. The van der Waals surface area contributed by atoms with Gasteiger partial charge in [-0.25, -0.2) is 4.79 Å². The molecule has 0 fully saturated rings. The number of benzene rings is 2. The first kappa shape index (κ1) is 24.5. The van der Waals surface area contributed by atoms with Crippen LogP contribution in [-0.4, -0.2) is 32.7 Å². The van der Waals surface area contributed by atoms with Crippen LogP contribution >= 0.6 is 11.3 Å². The van der Waals surface area contributed by atoms with Crippen molar-refractivity contribution in [3.8, 4) is 22.6 Å². The summed E-state index contributed by atoms with van der Waals surface area (Å²) in [4.78, 5) is 25.6. The number of hydrogen-bond acceptors (Lipinski definition) is 6. The molecular weight excluding hydrogens is 462 g/mol. The van der Waals surface area contributed by atoms with Crippen molar-refractivity contribution in [1.82, 2.24) is 0 Å². The summed E-state index contributed by atoms with van der Waals surface area (Å²) in [5, 5.41) is 5.24. The molecule has 1 N–H and O–H groups in total. The maximum Gasteiger partial charge on any atom is 0.341 e. The highest BCUT2D eigenvalue weighted by molar-refractivity contribution is 7.15. The SMILES string of the molecule is CCOC(=O)c1c(-c2ccc3c(c2)CCCC3)csc1NC(=O)/C=C/c1ccc(OC)c(OC)c1. The standard InChI is InChI=1S/C28H29NO5S/c1-4-34-28(31)26-22(21-12-11-19-7-5-6-8-20(19)16-21)17-35-27(26)29-25(30)14-10-18-9-13-23(32-2)24(15-18)33-3/h9-17H,4-8H2,1-3H3,(H,29,30)/b14-10+. The van der Waals surface area contributed by atoms with Crippen LogP contribution in [0.2, 0.25) is 0 Å². The number of esters is 1. The van der Waals surface area contributed by atoms with E-state index in [9.17, 15) is 9.59 Å². The Morgan fingerprint density at radius 1 is 1.00 bits per heavy atom. The molecule has 0 atom stereocenters. The molecular formula is C28H29NO5S. The molecule has 1 aliphatic rings. The highest BCUT2D eigenvalue weighted by atomic mass is 32.1. The number of carbonyl (C=O) groups excluding carboxylic acids is 2. The number of fused-ring (bicyclic) bond motifs is 1. The molecule has 1 amide bonds. The molecule has 35 heavy (non-hydrogen) atoms.